The third kappa shape index (κ3) is 2.69. The van der Waals surface area contributed by atoms with Gasteiger partial charge in [-0.3, -0.25) is 4.79 Å². The molecule has 3 aliphatic rings. The molecular formula is C21H23NO3S. The average Bonchev–Trinajstić information content (AvgIpc) is 3.34. The topological polar surface area (TPSA) is 38.8 Å². The van der Waals surface area contributed by atoms with Crippen molar-refractivity contribution in [2.75, 3.05) is 19.8 Å². The van der Waals surface area contributed by atoms with Gasteiger partial charge < -0.3 is 14.4 Å². The minimum Gasteiger partial charge on any atom is -0.486 e. The summed E-state index contributed by atoms with van der Waals surface area (Å²) in [6.45, 7) is 2.02. The molecule has 2 aliphatic heterocycles. The van der Waals surface area contributed by atoms with E-state index in [0.717, 1.165) is 54.9 Å². The Balaban J connectivity index is 1.44. The van der Waals surface area contributed by atoms with Gasteiger partial charge in [-0.1, -0.05) is 6.07 Å². The molecule has 5 rings (SSSR count). The van der Waals surface area contributed by atoms with Crippen molar-refractivity contribution in [3.05, 3.63) is 45.1 Å². The van der Waals surface area contributed by atoms with Crippen LogP contribution in [-0.2, 0) is 12.8 Å². The largest absolute Gasteiger partial charge is 0.486 e. The van der Waals surface area contributed by atoms with Crippen LogP contribution in [0.4, 0.5) is 0 Å². The van der Waals surface area contributed by atoms with E-state index in [4.69, 9.17) is 9.47 Å². The highest BCUT2D eigenvalue weighted by molar-refractivity contribution is 7.10. The first-order valence-electron chi connectivity index (χ1n) is 9.61. The van der Waals surface area contributed by atoms with Crippen LogP contribution in [0.15, 0.2) is 23.6 Å². The van der Waals surface area contributed by atoms with E-state index in [1.807, 2.05) is 6.07 Å². The zero-order chi connectivity index (χ0) is 17.5. The lowest BCUT2D eigenvalue weighted by atomic mass is 9.95. The number of carbonyl (C=O) groups excluding carboxylic acids is 1. The summed E-state index contributed by atoms with van der Waals surface area (Å²) in [5, 5.41) is 2.09. The monoisotopic (exact) mass is 369 g/mol. The van der Waals surface area contributed by atoms with Crippen molar-refractivity contribution in [2.24, 2.45) is 0 Å². The van der Waals surface area contributed by atoms with E-state index >= 15 is 0 Å². The lowest BCUT2D eigenvalue weighted by Crippen LogP contribution is -2.31. The summed E-state index contributed by atoms with van der Waals surface area (Å²) in [7, 11) is 0. The molecule has 0 N–H and O–H groups in total. The molecule has 1 atom stereocenters. The van der Waals surface area contributed by atoms with E-state index in [0.29, 0.717) is 13.2 Å². The van der Waals surface area contributed by atoms with Crippen LogP contribution < -0.4 is 9.47 Å². The molecule has 0 saturated carbocycles. The van der Waals surface area contributed by atoms with Crippen LogP contribution >= 0.6 is 11.3 Å². The van der Waals surface area contributed by atoms with E-state index < -0.39 is 0 Å². The number of benzene rings is 1. The van der Waals surface area contributed by atoms with Gasteiger partial charge in [-0.25, -0.2) is 0 Å². The van der Waals surface area contributed by atoms with Crippen molar-refractivity contribution in [1.82, 2.24) is 4.90 Å². The summed E-state index contributed by atoms with van der Waals surface area (Å²) < 4.78 is 11.4. The van der Waals surface area contributed by atoms with Crippen molar-refractivity contribution in [2.45, 2.75) is 44.6 Å². The van der Waals surface area contributed by atoms with Gasteiger partial charge in [0, 0.05) is 16.8 Å². The van der Waals surface area contributed by atoms with Gasteiger partial charge in [-0.05, 0) is 61.8 Å². The highest BCUT2D eigenvalue weighted by Gasteiger charge is 2.33. The van der Waals surface area contributed by atoms with E-state index in [1.54, 1.807) is 11.3 Å². The Morgan fingerprint density at radius 2 is 1.92 bits per heavy atom. The summed E-state index contributed by atoms with van der Waals surface area (Å²) in [4.78, 5) is 16.8. The molecule has 1 aromatic carbocycles. The summed E-state index contributed by atoms with van der Waals surface area (Å²) >= 11 is 1.77. The van der Waals surface area contributed by atoms with E-state index in [2.05, 4.69) is 22.4 Å². The Hall–Kier alpha value is -2.01. The Kier molecular flexibility index (Phi) is 4.12. The second-order valence-electron chi connectivity index (χ2n) is 7.32. The standard InChI is InChI=1S/C21H23NO3S/c23-21(16-13-26-20-6-2-1-4-15(16)20)22-9-3-5-17(22)14-7-8-18-19(12-14)25-11-10-24-18/h7-8,12-13,17H,1-6,9-11H2/t17-/m0/s1. The van der Waals surface area contributed by atoms with Crippen molar-refractivity contribution >= 4 is 17.2 Å². The first kappa shape index (κ1) is 16.2. The summed E-state index contributed by atoms with van der Waals surface area (Å²) in [6.07, 6.45) is 6.72. The van der Waals surface area contributed by atoms with Crippen molar-refractivity contribution in [3.8, 4) is 11.5 Å². The smallest absolute Gasteiger partial charge is 0.255 e. The number of fused-ring (bicyclic) bond motifs is 2. The molecule has 0 radical (unpaired) electrons. The van der Waals surface area contributed by atoms with Crippen LogP contribution in [-0.4, -0.2) is 30.6 Å². The molecule has 4 nitrogen and oxygen atoms in total. The second-order valence-corrected chi connectivity index (χ2v) is 8.28. The number of hydrogen-bond acceptors (Lipinski definition) is 4. The molecule has 1 aliphatic carbocycles. The van der Waals surface area contributed by atoms with Gasteiger partial charge in [0.1, 0.15) is 13.2 Å². The molecule has 3 heterocycles. The van der Waals surface area contributed by atoms with Gasteiger partial charge in [0.05, 0.1) is 11.6 Å². The number of amides is 1. The van der Waals surface area contributed by atoms with Crippen molar-refractivity contribution in [3.63, 3.8) is 0 Å². The zero-order valence-corrected chi connectivity index (χ0v) is 15.6. The molecule has 136 valence electrons. The molecule has 1 amide bonds. The number of ether oxygens (including phenoxy) is 2. The highest BCUT2D eigenvalue weighted by atomic mass is 32.1. The van der Waals surface area contributed by atoms with Crippen molar-refractivity contribution < 1.29 is 14.3 Å². The molecule has 2 aromatic rings. The van der Waals surface area contributed by atoms with Crippen LogP contribution in [0, 0.1) is 0 Å². The minimum atomic E-state index is 0.137. The number of nitrogens with zero attached hydrogens (tertiary/aromatic N) is 1. The Morgan fingerprint density at radius 1 is 1.08 bits per heavy atom. The van der Waals surface area contributed by atoms with E-state index in [-0.39, 0.29) is 11.9 Å². The molecule has 1 saturated heterocycles. The Labute approximate surface area is 157 Å². The number of hydrogen-bond donors (Lipinski definition) is 0. The molecule has 26 heavy (non-hydrogen) atoms. The normalized spacial score (nSPS) is 21.5. The van der Waals surface area contributed by atoms with Gasteiger partial charge in [-0.15, -0.1) is 11.3 Å². The van der Waals surface area contributed by atoms with Crippen LogP contribution in [0.1, 0.15) is 58.1 Å². The molecule has 5 heteroatoms. The summed E-state index contributed by atoms with van der Waals surface area (Å²) in [6, 6.07) is 6.27. The maximum Gasteiger partial charge on any atom is 0.255 e. The van der Waals surface area contributed by atoms with Gasteiger partial charge >= 0.3 is 0 Å². The molecule has 1 fully saturated rings. The number of aryl methyl sites for hydroxylation is 1. The molecule has 1 aromatic heterocycles. The summed E-state index contributed by atoms with van der Waals surface area (Å²) in [5.41, 5.74) is 3.43. The highest BCUT2D eigenvalue weighted by Crippen LogP contribution is 2.40. The molecular weight excluding hydrogens is 346 g/mol. The maximum atomic E-state index is 13.3. The molecule has 0 spiro atoms. The van der Waals surface area contributed by atoms with Crippen LogP contribution in [0.3, 0.4) is 0 Å². The second kappa shape index (κ2) is 6.62. The average molecular weight is 369 g/mol. The maximum absolute atomic E-state index is 13.3. The fraction of sp³-hybridized carbons (Fsp3) is 0.476. The van der Waals surface area contributed by atoms with Crippen LogP contribution in [0.5, 0.6) is 11.5 Å². The minimum absolute atomic E-state index is 0.137. The van der Waals surface area contributed by atoms with Crippen molar-refractivity contribution in [1.29, 1.82) is 0 Å². The third-order valence-corrected chi connectivity index (χ3v) is 6.85. The van der Waals surface area contributed by atoms with Gasteiger partial charge in [0.25, 0.3) is 5.91 Å². The Bertz CT molecular complexity index is 844. The third-order valence-electron chi connectivity index (χ3n) is 5.76. The van der Waals surface area contributed by atoms with E-state index in [1.165, 1.54) is 23.3 Å². The summed E-state index contributed by atoms with van der Waals surface area (Å²) in [5.74, 6) is 1.82. The number of likely N-dealkylation sites (tertiary alicyclic amines) is 1. The predicted molar refractivity (Wildman–Crippen MR) is 101 cm³/mol. The van der Waals surface area contributed by atoms with Crippen LogP contribution in [0.2, 0.25) is 0 Å². The van der Waals surface area contributed by atoms with Crippen LogP contribution in [0.25, 0.3) is 0 Å². The lowest BCUT2D eigenvalue weighted by molar-refractivity contribution is 0.0734. The first-order valence-corrected chi connectivity index (χ1v) is 10.5. The number of rotatable bonds is 2. The zero-order valence-electron chi connectivity index (χ0n) is 14.8. The fourth-order valence-corrected chi connectivity index (χ4v) is 5.57. The SMILES string of the molecule is O=C(c1csc2c1CCCC2)N1CCC[C@H]1c1ccc2c(c1)OCCO2. The van der Waals surface area contributed by atoms with Gasteiger partial charge in [0.15, 0.2) is 11.5 Å². The number of carbonyl (C=O) groups is 1. The first-order chi connectivity index (χ1) is 12.8. The van der Waals surface area contributed by atoms with Gasteiger partial charge in [0.2, 0.25) is 0 Å². The van der Waals surface area contributed by atoms with E-state index in [9.17, 15) is 4.79 Å². The molecule has 0 unspecified atom stereocenters. The quantitative estimate of drug-likeness (QED) is 0.789. The fourth-order valence-electron chi connectivity index (χ4n) is 4.45. The van der Waals surface area contributed by atoms with Gasteiger partial charge in [-0.2, -0.15) is 0 Å². The predicted octanol–water partition coefficient (Wildman–Crippen LogP) is 4.38. The molecule has 0 bridgehead atoms. The number of thiophene rings is 1. The lowest BCUT2D eigenvalue weighted by Gasteiger charge is -2.27. The Morgan fingerprint density at radius 3 is 2.85 bits per heavy atom.